The van der Waals surface area contributed by atoms with Crippen LogP contribution < -0.4 is 5.32 Å². The summed E-state index contributed by atoms with van der Waals surface area (Å²) in [4.78, 5) is 23.8. The first-order valence-corrected chi connectivity index (χ1v) is 7.23. The molecule has 2 rings (SSSR count). The van der Waals surface area contributed by atoms with E-state index < -0.39 is 23.2 Å². The van der Waals surface area contributed by atoms with Gasteiger partial charge >= 0.3 is 5.97 Å². The van der Waals surface area contributed by atoms with Gasteiger partial charge < -0.3 is 10.4 Å². The maximum atomic E-state index is 13.7. The van der Waals surface area contributed by atoms with E-state index in [2.05, 4.69) is 5.32 Å². The molecule has 0 aliphatic heterocycles. The van der Waals surface area contributed by atoms with Crippen molar-refractivity contribution in [3.05, 3.63) is 34.6 Å². The van der Waals surface area contributed by atoms with Crippen molar-refractivity contribution in [2.45, 2.75) is 38.1 Å². The minimum atomic E-state index is -1.33. The number of carbonyl (C=O) groups is 2. The molecule has 1 aromatic rings. The van der Waals surface area contributed by atoms with E-state index in [0.29, 0.717) is 19.3 Å². The van der Waals surface area contributed by atoms with Crippen LogP contribution in [0.25, 0.3) is 0 Å². The van der Waals surface area contributed by atoms with E-state index in [0.717, 1.165) is 12.5 Å². The number of hydrogen-bond acceptors (Lipinski definition) is 2. The monoisotopic (exact) mass is 313 g/mol. The van der Waals surface area contributed by atoms with Gasteiger partial charge in [-0.1, -0.05) is 31.4 Å². The predicted octanol–water partition coefficient (Wildman–Crippen LogP) is 3.24. The van der Waals surface area contributed by atoms with Crippen LogP contribution in [0.15, 0.2) is 18.2 Å². The Balaban J connectivity index is 2.27. The van der Waals surface area contributed by atoms with Crippen LogP contribution in [-0.4, -0.2) is 22.5 Å². The molecule has 1 fully saturated rings. The first-order chi connectivity index (χ1) is 9.84. The Labute approximate surface area is 127 Å². The largest absolute Gasteiger partial charge is 0.480 e. The van der Waals surface area contributed by atoms with Crippen LogP contribution in [0.1, 0.15) is 43.0 Å². The summed E-state index contributed by atoms with van der Waals surface area (Å²) in [6.07, 6.45) is 2.33. The molecule has 4 nitrogen and oxygen atoms in total. The molecule has 1 amide bonds. The normalized spacial score (nSPS) is 25.4. The molecule has 114 valence electrons. The van der Waals surface area contributed by atoms with Gasteiger partial charge in [0.1, 0.15) is 11.4 Å². The molecule has 0 radical (unpaired) electrons. The first-order valence-electron chi connectivity index (χ1n) is 6.85. The number of hydrogen-bond donors (Lipinski definition) is 2. The lowest BCUT2D eigenvalue weighted by Crippen LogP contribution is -2.56. The number of carbonyl (C=O) groups excluding carboxylic acids is 1. The zero-order chi connectivity index (χ0) is 15.6. The van der Waals surface area contributed by atoms with E-state index in [1.54, 1.807) is 0 Å². The summed E-state index contributed by atoms with van der Waals surface area (Å²) >= 11 is 5.76. The molecule has 0 aromatic heterocycles. The van der Waals surface area contributed by atoms with E-state index in [1.807, 2.05) is 6.92 Å². The van der Waals surface area contributed by atoms with Gasteiger partial charge in [-0.2, -0.15) is 0 Å². The Morgan fingerprint density at radius 1 is 1.48 bits per heavy atom. The summed E-state index contributed by atoms with van der Waals surface area (Å²) < 4.78 is 13.7. The summed E-state index contributed by atoms with van der Waals surface area (Å²) in [7, 11) is 0. The van der Waals surface area contributed by atoms with E-state index >= 15 is 0 Å². The van der Waals surface area contributed by atoms with Gasteiger partial charge in [-0.05, 0) is 37.0 Å². The quantitative estimate of drug-likeness (QED) is 0.900. The van der Waals surface area contributed by atoms with Gasteiger partial charge in [0.05, 0.1) is 5.56 Å². The van der Waals surface area contributed by atoms with E-state index in [1.165, 1.54) is 12.1 Å². The fourth-order valence-corrected chi connectivity index (χ4v) is 3.04. The fourth-order valence-electron chi connectivity index (χ4n) is 2.87. The number of halogens is 2. The number of nitrogens with one attached hydrogen (secondary N) is 1. The Morgan fingerprint density at radius 2 is 2.19 bits per heavy atom. The number of amides is 1. The lowest BCUT2D eigenvalue weighted by Gasteiger charge is -2.37. The number of aliphatic carboxylic acids is 1. The maximum absolute atomic E-state index is 13.7. The lowest BCUT2D eigenvalue weighted by atomic mass is 9.76. The number of benzene rings is 1. The second-order valence-corrected chi connectivity index (χ2v) is 6.10. The number of carboxylic acids is 1. The zero-order valence-electron chi connectivity index (χ0n) is 11.7. The molecule has 21 heavy (non-hydrogen) atoms. The van der Waals surface area contributed by atoms with Gasteiger partial charge in [0, 0.05) is 5.02 Å². The lowest BCUT2D eigenvalue weighted by molar-refractivity contribution is -0.146. The van der Waals surface area contributed by atoms with Crippen LogP contribution in [-0.2, 0) is 4.79 Å². The third-order valence-corrected chi connectivity index (χ3v) is 4.17. The SMILES string of the molecule is CC1CCCC(NC(=O)c2cc(Cl)ccc2F)(C(=O)O)C1. The van der Waals surface area contributed by atoms with E-state index in [-0.39, 0.29) is 16.5 Å². The highest BCUT2D eigenvalue weighted by Crippen LogP contribution is 2.33. The highest BCUT2D eigenvalue weighted by molar-refractivity contribution is 6.31. The van der Waals surface area contributed by atoms with Crippen molar-refractivity contribution in [3.63, 3.8) is 0 Å². The van der Waals surface area contributed by atoms with Crippen molar-refractivity contribution >= 4 is 23.5 Å². The molecule has 0 saturated heterocycles. The standard InChI is InChI=1S/C15H17ClFNO3/c1-9-3-2-6-15(8-9,14(20)21)18-13(19)11-7-10(16)4-5-12(11)17/h4-5,7,9H,2-3,6,8H2,1H3,(H,18,19)(H,20,21). The Morgan fingerprint density at radius 3 is 2.81 bits per heavy atom. The molecule has 1 saturated carbocycles. The van der Waals surface area contributed by atoms with Crippen LogP contribution >= 0.6 is 11.6 Å². The van der Waals surface area contributed by atoms with Crippen molar-refractivity contribution in [1.29, 1.82) is 0 Å². The average molecular weight is 314 g/mol. The van der Waals surface area contributed by atoms with Crippen LogP contribution in [0.4, 0.5) is 4.39 Å². The molecular formula is C15H17ClFNO3. The Bertz CT molecular complexity index is 578. The van der Waals surface area contributed by atoms with Gasteiger partial charge in [0.15, 0.2) is 0 Å². The van der Waals surface area contributed by atoms with E-state index in [9.17, 15) is 19.1 Å². The van der Waals surface area contributed by atoms with Gasteiger partial charge in [0.2, 0.25) is 0 Å². The minimum Gasteiger partial charge on any atom is -0.480 e. The van der Waals surface area contributed by atoms with Gasteiger partial charge in [-0.25, -0.2) is 9.18 Å². The second-order valence-electron chi connectivity index (χ2n) is 5.67. The van der Waals surface area contributed by atoms with Crippen LogP contribution in [0.2, 0.25) is 5.02 Å². The summed E-state index contributed by atoms with van der Waals surface area (Å²) in [5.74, 6) is -2.35. The molecule has 2 unspecified atom stereocenters. The third kappa shape index (κ3) is 3.35. The smallest absolute Gasteiger partial charge is 0.329 e. The minimum absolute atomic E-state index is 0.194. The van der Waals surface area contributed by atoms with E-state index in [4.69, 9.17) is 11.6 Å². The molecule has 1 aliphatic carbocycles. The van der Waals surface area contributed by atoms with Gasteiger partial charge in [-0.3, -0.25) is 4.79 Å². The Kier molecular flexibility index (Phi) is 4.52. The van der Waals surface area contributed by atoms with Gasteiger partial charge in [0.25, 0.3) is 5.91 Å². The van der Waals surface area contributed by atoms with Crippen molar-refractivity contribution in [2.75, 3.05) is 0 Å². The predicted molar refractivity (Wildman–Crippen MR) is 76.9 cm³/mol. The summed E-state index contributed by atoms with van der Waals surface area (Å²) in [5.41, 5.74) is -1.56. The second kappa shape index (κ2) is 6.02. The third-order valence-electron chi connectivity index (χ3n) is 3.93. The topological polar surface area (TPSA) is 66.4 Å². The molecule has 1 aliphatic rings. The van der Waals surface area contributed by atoms with Crippen molar-refractivity contribution in [2.24, 2.45) is 5.92 Å². The van der Waals surface area contributed by atoms with Crippen molar-refractivity contribution < 1.29 is 19.1 Å². The molecule has 1 aromatic carbocycles. The highest BCUT2D eigenvalue weighted by Gasteiger charge is 2.43. The number of rotatable bonds is 3. The molecular weight excluding hydrogens is 297 g/mol. The van der Waals surface area contributed by atoms with Gasteiger partial charge in [-0.15, -0.1) is 0 Å². The Hall–Kier alpha value is -1.62. The summed E-state index contributed by atoms with van der Waals surface area (Å²) in [6, 6.07) is 3.63. The fraction of sp³-hybridized carbons (Fsp3) is 0.467. The molecule has 0 bridgehead atoms. The molecule has 6 heteroatoms. The maximum Gasteiger partial charge on any atom is 0.329 e. The molecule has 0 heterocycles. The summed E-state index contributed by atoms with van der Waals surface area (Å²) in [6.45, 7) is 1.95. The summed E-state index contributed by atoms with van der Waals surface area (Å²) in [5, 5.41) is 12.2. The number of carboxylic acid groups (broad SMARTS) is 1. The highest BCUT2D eigenvalue weighted by atomic mass is 35.5. The van der Waals surface area contributed by atoms with Crippen LogP contribution in [0, 0.1) is 11.7 Å². The zero-order valence-corrected chi connectivity index (χ0v) is 12.4. The molecule has 2 atom stereocenters. The average Bonchev–Trinajstić information content (AvgIpc) is 2.41. The first kappa shape index (κ1) is 15.8. The van der Waals surface area contributed by atoms with Crippen molar-refractivity contribution in [3.8, 4) is 0 Å². The van der Waals surface area contributed by atoms with Crippen molar-refractivity contribution in [1.82, 2.24) is 5.32 Å². The molecule has 2 N–H and O–H groups in total. The van der Waals surface area contributed by atoms with Crippen LogP contribution in [0.3, 0.4) is 0 Å². The van der Waals surface area contributed by atoms with Crippen LogP contribution in [0.5, 0.6) is 0 Å². The molecule has 0 spiro atoms.